The number of rotatable bonds is 6. The Labute approximate surface area is 150 Å². The number of carbonyl (C=O) groups excluding carboxylic acids is 1. The number of hydrogen-bond acceptors (Lipinski definition) is 6. The third-order valence-corrected chi connectivity index (χ3v) is 4.27. The Kier molecular flexibility index (Phi) is 5.15. The summed E-state index contributed by atoms with van der Waals surface area (Å²) >= 11 is 0. The zero-order valence-electron chi connectivity index (χ0n) is 15.1. The van der Waals surface area contributed by atoms with Crippen molar-refractivity contribution in [2.24, 2.45) is 0 Å². The smallest absolute Gasteiger partial charge is 0.346 e. The topological polar surface area (TPSA) is 96.6 Å². The standard InChI is InChI=1S/C17H22N4O5/c1-24-12-8-11(9-13(25-2)16(12)26-3)18-15(22)10-21-17(23)20-7-5-4-6-14(20)19-21/h8-9H,4-7,10H2,1-3H3,(H,18,22). The number of ether oxygens (including phenoxy) is 3. The Morgan fingerprint density at radius 2 is 1.85 bits per heavy atom. The molecule has 26 heavy (non-hydrogen) atoms. The lowest BCUT2D eigenvalue weighted by atomic mass is 10.2. The van der Waals surface area contributed by atoms with Gasteiger partial charge in [-0.1, -0.05) is 0 Å². The quantitative estimate of drug-likeness (QED) is 0.825. The van der Waals surface area contributed by atoms with E-state index < -0.39 is 0 Å². The van der Waals surface area contributed by atoms with Gasteiger partial charge in [-0.2, -0.15) is 5.10 Å². The van der Waals surface area contributed by atoms with Crippen LogP contribution in [-0.2, 0) is 24.3 Å². The number of aryl methyl sites for hydroxylation is 1. The first kappa shape index (κ1) is 17.8. The number of anilines is 1. The summed E-state index contributed by atoms with van der Waals surface area (Å²) in [6, 6.07) is 3.25. The molecule has 1 aromatic carbocycles. The van der Waals surface area contributed by atoms with Crippen LogP contribution < -0.4 is 25.2 Å². The number of aromatic nitrogens is 3. The monoisotopic (exact) mass is 362 g/mol. The fourth-order valence-electron chi connectivity index (χ4n) is 3.04. The van der Waals surface area contributed by atoms with E-state index in [0.717, 1.165) is 25.1 Å². The molecule has 2 aromatic rings. The van der Waals surface area contributed by atoms with Crippen LogP contribution in [0.4, 0.5) is 5.69 Å². The lowest BCUT2D eigenvalue weighted by Crippen LogP contribution is -2.30. The van der Waals surface area contributed by atoms with Gasteiger partial charge in [0.2, 0.25) is 11.7 Å². The molecule has 0 fully saturated rings. The molecule has 0 aliphatic carbocycles. The molecule has 1 amide bonds. The predicted molar refractivity (Wildman–Crippen MR) is 94.2 cm³/mol. The molecule has 3 rings (SSSR count). The second-order valence-corrected chi connectivity index (χ2v) is 5.93. The molecule has 0 saturated heterocycles. The van der Waals surface area contributed by atoms with Crippen molar-refractivity contribution in [2.45, 2.75) is 32.4 Å². The predicted octanol–water partition coefficient (Wildman–Crippen LogP) is 1.05. The minimum absolute atomic E-state index is 0.157. The highest BCUT2D eigenvalue weighted by molar-refractivity contribution is 5.91. The summed E-state index contributed by atoms with van der Waals surface area (Å²) in [7, 11) is 4.50. The SMILES string of the molecule is COc1cc(NC(=O)Cn2nc3n(c2=O)CCCC3)cc(OC)c1OC. The van der Waals surface area contributed by atoms with Gasteiger partial charge in [-0.25, -0.2) is 9.48 Å². The molecule has 1 N–H and O–H groups in total. The molecule has 0 spiro atoms. The maximum absolute atomic E-state index is 12.4. The molecule has 0 atom stereocenters. The van der Waals surface area contributed by atoms with Gasteiger partial charge in [-0.05, 0) is 12.8 Å². The first-order valence-electron chi connectivity index (χ1n) is 8.33. The Morgan fingerprint density at radius 3 is 2.42 bits per heavy atom. The van der Waals surface area contributed by atoms with Crippen LogP contribution in [0.1, 0.15) is 18.7 Å². The summed E-state index contributed by atoms with van der Waals surface area (Å²) in [6.07, 6.45) is 2.72. The molecule has 9 nitrogen and oxygen atoms in total. The zero-order valence-corrected chi connectivity index (χ0v) is 15.1. The lowest BCUT2D eigenvalue weighted by Gasteiger charge is -2.14. The normalized spacial score (nSPS) is 13.0. The van der Waals surface area contributed by atoms with Crippen molar-refractivity contribution in [3.63, 3.8) is 0 Å². The highest BCUT2D eigenvalue weighted by Crippen LogP contribution is 2.39. The van der Waals surface area contributed by atoms with Gasteiger partial charge in [0, 0.05) is 30.8 Å². The minimum Gasteiger partial charge on any atom is -0.493 e. The van der Waals surface area contributed by atoms with E-state index in [1.807, 2.05) is 0 Å². The summed E-state index contributed by atoms with van der Waals surface area (Å²) < 4.78 is 18.6. The molecule has 0 bridgehead atoms. The van der Waals surface area contributed by atoms with Crippen LogP contribution in [0.3, 0.4) is 0 Å². The molecule has 1 aliphatic rings. The number of benzene rings is 1. The summed E-state index contributed by atoms with van der Waals surface area (Å²) in [5.41, 5.74) is 0.223. The van der Waals surface area contributed by atoms with Gasteiger partial charge >= 0.3 is 5.69 Å². The van der Waals surface area contributed by atoms with Crippen molar-refractivity contribution in [1.82, 2.24) is 14.3 Å². The summed E-state index contributed by atoms with van der Waals surface area (Å²) in [4.78, 5) is 24.7. The number of methoxy groups -OCH3 is 3. The summed E-state index contributed by atoms with van der Waals surface area (Å²) in [6.45, 7) is 0.498. The molecule has 1 aliphatic heterocycles. The maximum atomic E-state index is 12.4. The van der Waals surface area contributed by atoms with Crippen LogP contribution in [-0.4, -0.2) is 41.6 Å². The number of nitrogens with zero attached hydrogens (tertiary/aromatic N) is 3. The van der Waals surface area contributed by atoms with E-state index in [4.69, 9.17) is 14.2 Å². The van der Waals surface area contributed by atoms with Gasteiger partial charge in [-0.15, -0.1) is 0 Å². The molecule has 0 radical (unpaired) electrons. The summed E-state index contributed by atoms with van der Waals surface area (Å²) in [5, 5.41) is 7.00. The van der Waals surface area contributed by atoms with E-state index in [1.165, 1.54) is 26.0 Å². The number of amides is 1. The van der Waals surface area contributed by atoms with Gasteiger partial charge in [0.25, 0.3) is 0 Å². The van der Waals surface area contributed by atoms with Crippen molar-refractivity contribution < 1.29 is 19.0 Å². The van der Waals surface area contributed by atoms with Gasteiger partial charge in [0.05, 0.1) is 21.3 Å². The van der Waals surface area contributed by atoms with Crippen LogP contribution in [0, 0.1) is 0 Å². The molecular formula is C17H22N4O5. The first-order chi connectivity index (χ1) is 12.6. The van der Waals surface area contributed by atoms with E-state index in [-0.39, 0.29) is 18.1 Å². The van der Waals surface area contributed by atoms with Crippen LogP contribution in [0.2, 0.25) is 0 Å². The van der Waals surface area contributed by atoms with E-state index >= 15 is 0 Å². The van der Waals surface area contributed by atoms with Gasteiger partial charge in [0.1, 0.15) is 12.4 Å². The number of nitrogens with one attached hydrogen (secondary N) is 1. The Balaban J connectivity index is 1.78. The van der Waals surface area contributed by atoms with E-state index in [9.17, 15) is 9.59 Å². The second kappa shape index (κ2) is 7.51. The highest BCUT2D eigenvalue weighted by atomic mass is 16.5. The van der Waals surface area contributed by atoms with Crippen molar-refractivity contribution in [2.75, 3.05) is 26.6 Å². The van der Waals surface area contributed by atoms with Gasteiger partial charge < -0.3 is 19.5 Å². The van der Waals surface area contributed by atoms with Gasteiger partial charge in [-0.3, -0.25) is 9.36 Å². The van der Waals surface area contributed by atoms with Crippen LogP contribution in [0.25, 0.3) is 0 Å². The van der Waals surface area contributed by atoms with Gasteiger partial charge in [0.15, 0.2) is 11.5 Å². The molecule has 1 aromatic heterocycles. The van der Waals surface area contributed by atoms with Crippen LogP contribution in [0.5, 0.6) is 17.2 Å². The molecule has 2 heterocycles. The average Bonchev–Trinajstić information content (AvgIpc) is 2.96. The lowest BCUT2D eigenvalue weighted by molar-refractivity contribution is -0.117. The van der Waals surface area contributed by atoms with Crippen molar-refractivity contribution in [3.05, 3.63) is 28.4 Å². The molecule has 9 heteroatoms. The maximum Gasteiger partial charge on any atom is 0.346 e. The molecule has 0 unspecified atom stereocenters. The number of hydrogen-bond donors (Lipinski definition) is 1. The molecule has 140 valence electrons. The first-order valence-corrected chi connectivity index (χ1v) is 8.33. The second-order valence-electron chi connectivity index (χ2n) is 5.93. The fraction of sp³-hybridized carbons (Fsp3) is 0.471. The molecular weight excluding hydrogens is 340 g/mol. The summed E-state index contributed by atoms with van der Waals surface area (Å²) in [5.74, 6) is 1.66. The minimum atomic E-state index is -0.364. The van der Waals surface area contributed by atoms with Crippen molar-refractivity contribution in [1.29, 1.82) is 0 Å². The fourth-order valence-corrected chi connectivity index (χ4v) is 3.04. The van der Waals surface area contributed by atoms with Crippen molar-refractivity contribution >= 4 is 11.6 Å². The van der Waals surface area contributed by atoms with E-state index in [2.05, 4.69) is 10.4 Å². The Hall–Kier alpha value is -2.97. The van der Waals surface area contributed by atoms with E-state index in [1.54, 1.807) is 16.7 Å². The number of fused-ring (bicyclic) bond motifs is 1. The third-order valence-electron chi connectivity index (χ3n) is 4.27. The van der Waals surface area contributed by atoms with Crippen LogP contribution in [0.15, 0.2) is 16.9 Å². The van der Waals surface area contributed by atoms with E-state index in [0.29, 0.717) is 29.5 Å². The largest absolute Gasteiger partial charge is 0.493 e. The van der Waals surface area contributed by atoms with Crippen LogP contribution >= 0.6 is 0 Å². The Morgan fingerprint density at radius 1 is 1.15 bits per heavy atom. The average molecular weight is 362 g/mol. The van der Waals surface area contributed by atoms with Crippen molar-refractivity contribution in [3.8, 4) is 17.2 Å². The number of carbonyl (C=O) groups is 1. The Bertz CT molecular complexity index is 846. The highest BCUT2D eigenvalue weighted by Gasteiger charge is 2.19. The molecule has 0 saturated carbocycles. The third kappa shape index (κ3) is 3.37. The zero-order chi connectivity index (χ0) is 18.7.